The average Bonchev–Trinajstić information content (AvgIpc) is 2.48. The highest BCUT2D eigenvalue weighted by Crippen LogP contribution is 2.19. The van der Waals surface area contributed by atoms with Crippen LogP contribution in [0.4, 0.5) is 4.79 Å². The van der Waals surface area contributed by atoms with E-state index >= 15 is 0 Å². The Bertz CT molecular complexity index is 569. The summed E-state index contributed by atoms with van der Waals surface area (Å²) in [6.45, 7) is 1.89. The number of carbonyl (C=O) groups is 1. The van der Waals surface area contributed by atoms with Gasteiger partial charge in [-0.05, 0) is 36.8 Å². The van der Waals surface area contributed by atoms with E-state index in [2.05, 4.69) is 5.32 Å². The molecule has 1 atom stereocenters. The number of hydrogen-bond acceptors (Lipinski definition) is 3. The summed E-state index contributed by atoms with van der Waals surface area (Å²) in [4.78, 5) is 11.8. The minimum atomic E-state index is -0.480. The van der Waals surface area contributed by atoms with Crippen LogP contribution in [0, 0.1) is 0 Å². The highest BCUT2D eigenvalue weighted by atomic mass is 16.6. The van der Waals surface area contributed by atoms with Crippen LogP contribution >= 0.6 is 0 Å². The Hall–Kier alpha value is -2.49. The molecule has 0 fully saturated rings. The SMILES string of the molecule is COc1cccc([C@@H](C)NC(=O)Oc2ccccc2)c1. The molecule has 0 aliphatic heterocycles. The van der Waals surface area contributed by atoms with Crippen molar-refractivity contribution in [3.05, 3.63) is 60.2 Å². The summed E-state index contributed by atoms with van der Waals surface area (Å²) in [5, 5.41) is 2.78. The molecule has 0 aliphatic carbocycles. The summed E-state index contributed by atoms with van der Waals surface area (Å²) >= 11 is 0. The lowest BCUT2D eigenvalue weighted by Crippen LogP contribution is -2.29. The van der Waals surface area contributed by atoms with Crippen molar-refractivity contribution in [2.75, 3.05) is 7.11 Å². The van der Waals surface area contributed by atoms with Gasteiger partial charge in [-0.2, -0.15) is 0 Å². The maximum Gasteiger partial charge on any atom is 0.413 e. The highest BCUT2D eigenvalue weighted by molar-refractivity contribution is 5.70. The number of hydrogen-bond donors (Lipinski definition) is 1. The predicted octanol–water partition coefficient (Wildman–Crippen LogP) is 3.54. The molecular formula is C16H17NO3. The molecular weight excluding hydrogens is 254 g/mol. The van der Waals surface area contributed by atoms with E-state index in [0.29, 0.717) is 5.75 Å². The number of amides is 1. The zero-order valence-corrected chi connectivity index (χ0v) is 11.5. The van der Waals surface area contributed by atoms with E-state index in [1.54, 1.807) is 19.2 Å². The Morgan fingerprint density at radius 2 is 1.75 bits per heavy atom. The van der Waals surface area contributed by atoms with Gasteiger partial charge in [0.25, 0.3) is 0 Å². The second-order valence-corrected chi connectivity index (χ2v) is 4.35. The van der Waals surface area contributed by atoms with E-state index in [0.717, 1.165) is 11.3 Å². The Labute approximate surface area is 118 Å². The van der Waals surface area contributed by atoms with Crippen LogP contribution in [-0.2, 0) is 0 Å². The quantitative estimate of drug-likeness (QED) is 0.925. The number of nitrogens with one attached hydrogen (secondary N) is 1. The summed E-state index contributed by atoms with van der Waals surface area (Å²) in [5.74, 6) is 1.27. The fourth-order valence-electron chi connectivity index (χ4n) is 1.80. The Morgan fingerprint density at radius 1 is 1.05 bits per heavy atom. The molecule has 0 saturated heterocycles. The average molecular weight is 271 g/mol. The van der Waals surface area contributed by atoms with Gasteiger partial charge in [0.05, 0.1) is 13.2 Å². The van der Waals surface area contributed by atoms with Gasteiger partial charge in [-0.25, -0.2) is 4.79 Å². The molecule has 0 radical (unpaired) electrons. The maximum atomic E-state index is 11.8. The molecule has 4 nitrogen and oxygen atoms in total. The second kappa shape index (κ2) is 6.61. The van der Waals surface area contributed by atoms with Crippen LogP contribution in [0.5, 0.6) is 11.5 Å². The molecule has 1 amide bonds. The minimum absolute atomic E-state index is 0.165. The van der Waals surface area contributed by atoms with Crippen LogP contribution in [0.3, 0.4) is 0 Å². The Balaban J connectivity index is 1.96. The Morgan fingerprint density at radius 3 is 2.45 bits per heavy atom. The summed E-state index contributed by atoms with van der Waals surface area (Å²) in [5.41, 5.74) is 0.953. The normalized spacial score (nSPS) is 11.5. The first-order valence-corrected chi connectivity index (χ1v) is 6.36. The zero-order valence-electron chi connectivity index (χ0n) is 11.5. The van der Waals surface area contributed by atoms with Gasteiger partial charge < -0.3 is 14.8 Å². The topological polar surface area (TPSA) is 47.6 Å². The van der Waals surface area contributed by atoms with Gasteiger partial charge >= 0.3 is 6.09 Å². The van der Waals surface area contributed by atoms with Crippen molar-refractivity contribution in [3.8, 4) is 11.5 Å². The van der Waals surface area contributed by atoms with Gasteiger partial charge in [-0.1, -0.05) is 30.3 Å². The Kier molecular flexibility index (Phi) is 4.60. The predicted molar refractivity (Wildman–Crippen MR) is 77.0 cm³/mol. The van der Waals surface area contributed by atoms with Gasteiger partial charge in [0.1, 0.15) is 11.5 Å². The standard InChI is InChI=1S/C16H17NO3/c1-12(13-7-6-10-15(11-13)19-2)17-16(18)20-14-8-4-3-5-9-14/h3-12H,1-2H3,(H,17,18)/t12-/m1/s1. The molecule has 0 bridgehead atoms. The first-order chi connectivity index (χ1) is 9.69. The molecule has 0 saturated carbocycles. The molecule has 2 aromatic carbocycles. The van der Waals surface area contributed by atoms with Gasteiger partial charge in [-0.15, -0.1) is 0 Å². The highest BCUT2D eigenvalue weighted by Gasteiger charge is 2.11. The van der Waals surface area contributed by atoms with Crippen molar-refractivity contribution >= 4 is 6.09 Å². The van der Waals surface area contributed by atoms with Gasteiger partial charge in [0.2, 0.25) is 0 Å². The third-order valence-corrected chi connectivity index (χ3v) is 2.88. The number of para-hydroxylation sites is 1. The van der Waals surface area contributed by atoms with Gasteiger partial charge in [0, 0.05) is 0 Å². The third kappa shape index (κ3) is 3.75. The van der Waals surface area contributed by atoms with Crippen LogP contribution in [0.1, 0.15) is 18.5 Å². The lowest BCUT2D eigenvalue weighted by Gasteiger charge is -2.15. The molecule has 0 aromatic heterocycles. The van der Waals surface area contributed by atoms with Crippen molar-refractivity contribution in [1.29, 1.82) is 0 Å². The molecule has 0 heterocycles. The molecule has 2 rings (SSSR count). The van der Waals surface area contributed by atoms with Gasteiger partial charge in [0.15, 0.2) is 0 Å². The fraction of sp³-hybridized carbons (Fsp3) is 0.188. The molecule has 0 unspecified atom stereocenters. The van der Waals surface area contributed by atoms with Crippen LogP contribution in [0.15, 0.2) is 54.6 Å². The zero-order chi connectivity index (χ0) is 14.4. The minimum Gasteiger partial charge on any atom is -0.497 e. The molecule has 1 N–H and O–H groups in total. The van der Waals surface area contributed by atoms with E-state index in [9.17, 15) is 4.79 Å². The van der Waals surface area contributed by atoms with E-state index in [4.69, 9.17) is 9.47 Å². The number of ether oxygens (including phenoxy) is 2. The lowest BCUT2D eigenvalue weighted by molar-refractivity contribution is 0.197. The largest absolute Gasteiger partial charge is 0.497 e. The van der Waals surface area contributed by atoms with Crippen molar-refractivity contribution in [2.45, 2.75) is 13.0 Å². The van der Waals surface area contributed by atoms with Crippen LogP contribution in [0.25, 0.3) is 0 Å². The summed E-state index contributed by atoms with van der Waals surface area (Å²) in [6, 6.07) is 16.3. The van der Waals surface area contributed by atoms with E-state index in [1.165, 1.54) is 0 Å². The van der Waals surface area contributed by atoms with Crippen molar-refractivity contribution in [2.24, 2.45) is 0 Å². The lowest BCUT2D eigenvalue weighted by atomic mass is 10.1. The molecule has 4 heteroatoms. The van der Waals surface area contributed by atoms with Crippen LogP contribution < -0.4 is 14.8 Å². The van der Waals surface area contributed by atoms with Crippen LogP contribution in [0.2, 0.25) is 0 Å². The fourth-order valence-corrected chi connectivity index (χ4v) is 1.80. The van der Waals surface area contributed by atoms with E-state index in [1.807, 2.05) is 49.4 Å². The number of rotatable bonds is 4. The van der Waals surface area contributed by atoms with Crippen molar-refractivity contribution in [3.63, 3.8) is 0 Å². The number of benzene rings is 2. The first-order valence-electron chi connectivity index (χ1n) is 6.36. The van der Waals surface area contributed by atoms with E-state index in [-0.39, 0.29) is 6.04 Å². The summed E-state index contributed by atoms with van der Waals surface area (Å²) < 4.78 is 10.3. The second-order valence-electron chi connectivity index (χ2n) is 4.35. The molecule has 0 spiro atoms. The summed E-state index contributed by atoms with van der Waals surface area (Å²) in [6.07, 6.45) is -0.480. The summed E-state index contributed by atoms with van der Waals surface area (Å²) in [7, 11) is 1.61. The molecule has 0 aliphatic rings. The van der Waals surface area contributed by atoms with Crippen molar-refractivity contribution < 1.29 is 14.3 Å². The van der Waals surface area contributed by atoms with E-state index < -0.39 is 6.09 Å². The number of methoxy groups -OCH3 is 1. The third-order valence-electron chi connectivity index (χ3n) is 2.88. The number of carbonyl (C=O) groups excluding carboxylic acids is 1. The maximum absolute atomic E-state index is 11.8. The van der Waals surface area contributed by atoms with Crippen molar-refractivity contribution in [1.82, 2.24) is 5.32 Å². The van der Waals surface area contributed by atoms with Gasteiger partial charge in [-0.3, -0.25) is 0 Å². The molecule has 2 aromatic rings. The smallest absolute Gasteiger partial charge is 0.413 e. The molecule has 20 heavy (non-hydrogen) atoms. The monoisotopic (exact) mass is 271 g/mol. The van der Waals surface area contributed by atoms with Crippen LogP contribution in [-0.4, -0.2) is 13.2 Å². The molecule has 104 valence electrons. The first kappa shape index (κ1) is 13.9.